The summed E-state index contributed by atoms with van der Waals surface area (Å²) in [6.45, 7) is 1.47. The predicted octanol–water partition coefficient (Wildman–Crippen LogP) is 3.27. The summed E-state index contributed by atoms with van der Waals surface area (Å²) in [4.78, 5) is 0. The van der Waals surface area contributed by atoms with E-state index in [1.165, 1.54) is 5.39 Å². The van der Waals surface area contributed by atoms with Gasteiger partial charge in [-0.2, -0.15) is 0 Å². The molecule has 0 aliphatic rings. The molecule has 0 amide bonds. The van der Waals surface area contributed by atoms with Crippen LogP contribution < -0.4 is 5.32 Å². The monoisotopic (exact) mass is 267 g/mol. The molecular formula is C18H21NO. The number of hydrogen-bond acceptors (Lipinski definition) is 2. The molecule has 0 saturated heterocycles. The van der Waals surface area contributed by atoms with Crippen molar-refractivity contribution in [1.29, 1.82) is 0 Å². The third kappa shape index (κ3) is 4.09. The summed E-state index contributed by atoms with van der Waals surface area (Å²) in [5.74, 6) is 2.63. The molecule has 2 aromatic carbocycles. The fourth-order valence-electron chi connectivity index (χ4n) is 2.25. The SMILES string of the molecule is C#CCCCCNCC(O)c1ccc2ccccc2c1. The summed E-state index contributed by atoms with van der Waals surface area (Å²) >= 11 is 0. The van der Waals surface area contributed by atoms with Gasteiger partial charge in [0.05, 0.1) is 6.10 Å². The molecule has 2 rings (SSSR count). The first kappa shape index (κ1) is 14.6. The number of terminal acetylenes is 1. The molecule has 0 fully saturated rings. The Bertz CT molecular complexity index is 585. The zero-order valence-electron chi connectivity index (χ0n) is 11.7. The van der Waals surface area contributed by atoms with E-state index in [0.29, 0.717) is 6.54 Å². The van der Waals surface area contributed by atoms with Gasteiger partial charge in [-0.25, -0.2) is 0 Å². The summed E-state index contributed by atoms with van der Waals surface area (Å²) in [6.07, 6.45) is 7.65. The van der Waals surface area contributed by atoms with Crippen LogP contribution in [0.15, 0.2) is 42.5 Å². The van der Waals surface area contributed by atoms with Crippen LogP contribution in [0, 0.1) is 12.3 Å². The van der Waals surface area contributed by atoms with Gasteiger partial charge >= 0.3 is 0 Å². The molecular weight excluding hydrogens is 246 g/mol. The standard InChI is InChI=1S/C18H21NO/c1-2-3-4-7-12-19-14-18(20)17-11-10-15-8-5-6-9-16(15)13-17/h1,5-6,8-11,13,18-20H,3-4,7,12,14H2. The Morgan fingerprint density at radius 2 is 1.90 bits per heavy atom. The molecule has 104 valence electrons. The van der Waals surface area contributed by atoms with Crippen molar-refractivity contribution in [3.8, 4) is 12.3 Å². The number of aliphatic hydroxyl groups is 1. The van der Waals surface area contributed by atoms with Crippen LogP contribution >= 0.6 is 0 Å². The van der Waals surface area contributed by atoms with Gasteiger partial charge in [-0.15, -0.1) is 12.3 Å². The first-order chi connectivity index (χ1) is 9.81. The van der Waals surface area contributed by atoms with E-state index in [2.05, 4.69) is 35.5 Å². The predicted molar refractivity (Wildman–Crippen MR) is 84.5 cm³/mol. The van der Waals surface area contributed by atoms with Crippen LogP contribution in [0.3, 0.4) is 0 Å². The summed E-state index contributed by atoms with van der Waals surface area (Å²) in [7, 11) is 0. The Kier molecular flexibility index (Phi) is 5.61. The Balaban J connectivity index is 1.84. The molecule has 0 saturated carbocycles. The van der Waals surface area contributed by atoms with Crippen molar-refractivity contribution in [2.24, 2.45) is 0 Å². The normalized spacial score (nSPS) is 12.2. The second kappa shape index (κ2) is 7.69. The quantitative estimate of drug-likeness (QED) is 0.596. The largest absolute Gasteiger partial charge is 0.387 e. The molecule has 0 bridgehead atoms. The molecule has 0 radical (unpaired) electrons. The van der Waals surface area contributed by atoms with Gasteiger partial charge in [0.25, 0.3) is 0 Å². The molecule has 2 aromatic rings. The first-order valence-electron chi connectivity index (χ1n) is 7.12. The van der Waals surface area contributed by atoms with E-state index in [0.717, 1.165) is 36.8 Å². The van der Waals surface area contributed by atoms with Gasteiger partial charge in [0.1, 0.15) is 0 Å². The lowest BCUT2D eigenvalue weighted by Crippen LogP contribution is -2.22. The number of aliphatic hydroxyl groups excluding tert-OH is 1. The fourth-order valence-corrected chi connectivity index (χ4v) is 2.25. The van der Waals surface area contributed by atoms with Crippen molar-refractivity contribution in [2.45, 2.75) is 25.4 Å². The van der Waals surface area contributed by atoms with Crippen molar-refractivity contribution >= 4 is 10.8 Å². The number of nitrogens with one attached hydrogen (secondary N) is 1. The highest BCUT2D eigenvalue weighted by Crippen LogP contribution is 2.19. The molecule has 20 heavy (non-hydrogen) atoms. The summed E-state index contributed by atoms with van der Waals surface area (Å²) in [6, 6.07) is 14.3. The molecule has 0 aliphatic carbocycles. The maximum Gasteiger partial charge on any atom is 0.0914 e. The summed E-state index contributed by atoms with van der Waals surface area (Å²) < 4.78 is 0. The van der Waals surface area contributed by atoms with Crippen molar-refractivity contribution in [2.75, 3.05) is 13.1 Å². The average Bonchev–Trinajstić information content (AvgIpc) is 2.50. The number of hydrogen-bond donors (Lipinski definition) is 2. The van der Waals surface area contributed by atoms with Gasteiger partial charge in [-0.05, 0) is 41.8 Å². The van der Waals surface area contributed by atoms with Crippen LogP contribution in [-0.2, 0) is 0 Å². The lowest BCUT2D eigenvalue weighted by atomic mass is 10.0. The molecule has 2 nitrogen and oxygen atoms in total. The number of benzene rings is 2. The minimum absolute atomic E-state index is 0.466. The molecule has 1 unspecified atom stereocenters. The lowest BCUT2D eigenvalue weighted by molar-refractivity contribution is 0.175. The molecule has 0 aliphatic heterocycles. The van der Waals surface area contributed by atoms with Crippen molar-refractivity contribution in [3.05, 3.63) is 48.0 Å². The van der Waals surface area contributed by atoms with Crippen molar-refractivity contribution in [3.63, 3.8) is 0 Å². The van der Waals surface area contributed by atoms with E-state index in [4.69, 9.17) is 6.42 Å². The van der Waals surface area contributed by atoms with E-state index < -0.39 is 6.10 Å². The van der Waals surface area contributed by atoms with E-state index in [1.54, 1.807) is 0 Å². The second-order valence-electron chi connectivity index (χ2n) is 4.99. The van der Waals surface area contributed by atoms with Gasteiger partial charge in [0, 0.05) is 13.0 Å². The smallest absolute Gasteiger partial charge is 0.0914 e. The molecule has 2 heteroatoms. The van der Waals surface area contributed by atoms with Crippen LogP contribution in [0.25, 0.3) is 10.8 Å². The third-order valence-electron chi connectivity index (χ3n) is 3.42. The van der Waals surface area contributed by atoms with Crippen LogP contribution in [-0.4, -0.2) is 18.2 Å². The summed E-state index contributed by atoms with van der Waals surface area (Å²) in [5.41, 5.74) is 0.958. The highest BCUT2D eigenvalue weighted by Gasteiger charge is 2.07. The lowest BCUT2D eigenvalue weighted by Gasteiger charge is -2.13. The van der Waals surface area contributed by atoms with Crippen LogP contribution in [0.1, 0.15) is 30.9 Å². The van der Waals surface area contributed by atoms with Gasteiger partial charge in [-0.1, -0.05) is 36.4 Å². The summed E-state index contributed by atoms with van der Waals surface area (Å²) in [5, 5.41) is 15.8. The van der Waals surface area contributed by atoms with Crippen molar-refractivity contribution < 1.29 is 5.11 Å². The minimum Gasteiger partial charge on any atom is -0.387 e. The van der Waals surface area contributed by atoms with Crippen LogP contribution in [0.5, 0.6) is 0 Å². The topological polar surface area (TPSA) is 32.3 Å². The molecule has 2 N–H and O–H groups in total. The van der Waals surface area contributed by atoms with Gasteiger partial charge in [0.2, 0.25) is 0 Å². The Morgan fingerprint density at radius 3 is 2.70 bits per heavy atom. The minimum atomic E-state index is -0.466. The zero-order chi connectivity index (χ0) is 14.2. The van der Waals surface area contributed by atoms with E-state index in [1.807, 2.05) is 18.2 Å². The highest BCUT2D eigenvalue weighted by atomic mass is 16.3. The van der Waals surface area contributed by atoms with Gasteiger partial charge < -0.3 is 10.4 Å². The Labute approximate surface area is 120 Å². The van der Waals surface area contributed by atoms with Crippen molar-refractivity contribution in [1.82, 2.24) is 5.32 Å². The molecule has 1 atom stereocenters. The van der Waals surface area contributed by atoms with E-state index in [9.17, 15) is 5.11 Å². The molecule has 0 aromatic heterocycles. The number of fused-ring (bicyclic) bond motifs is 1. The third-order valence-corrected chi connectivity index (χ3v) is 3.42. The van der Waals surface area contributed by atoms with Crippen LogP contribution in [0.4, 0.5) is 0 Å². The van der Waals surface area contributed by atoms with E-state index in [-0.39, 0.29) is 0 Å². The van der Waals surface area contributed by atoms with Gasteiger partial charge in [-0.3, -0.25) is 0 Å². The fraction of sp³-hybridized carbons (Fsp3) is 0.333. The van der Waals surface area contributed by atoms with E-state index >= 15 is 0 Å². The Morgan fingerprint density at radius 1 is 1.10 bits per heavy atom. The number of rotatable bonds is 7. The number of unbranched alkanes of at least 4 members (excludes halogenated alkanes) is 2. The van der Waals surface area contributed by atoms with Crippen LogP contribution in [0.2, 0.25) is 0 Å². The maximum atomic E-state index is 10.2. The highest BCUT2D eigenvalue weighted by molar-refractivity contribution is 5.83. The van der Waals surface area contributed by atoms with Gasteiger partial charge in [0.15, 0.2) is 0 Å². The Hall–Kier alpha value is -1.82. The molecule has 0 spiro atoms. The second-order valence-corrected chi connectivity index (χ2v) is 4.99. The average molecular weight is 267 g/mol. The molecule has 0 heterocycles. The maximum absolute atomic E-state index is 10.2. The zero-order valence-corrected chi connectivity index (χ0v) is 11.7. The first-order valence-corrected chi connectivity index (χ1v) is 7.12.